The second kappa shape index (κ2) is 11.3. The standard InChI is InChI=1S/C42H31ClN2O5/c43-26-13-9-16-28(22-26)45-39(48)34-23-33-30(20-21-31-35(33)40(49)44(38(31)47)27-14-5-2-6-15-27)36(42(34,41(45)50)25-11-3-1-4-12-25)32-19-18-24-10-7-8-17-29(24)37(32)46/h1-20,22,31,33-36,46H,21,23H2/t31-,33+,34-,35-,36+,42+/m0/s1. The third-order valence-corrected chi connectivity index (χ3v) is 11.7. The van der Waals surface area contributed by atoms with Crippen LogP contribution in [0.15, 0.2) is 133 Å². The molecule has 4 amide bonds. The largest absolute Gasteiger partial charge is 0.507 e. The van der Waals surface area contributed by atoms with Crippen LogP contribution >= 0.6 is 11.6 Å². The first-order valence-corrected chi connectivity index (χ1v) is 17.2. The number of carbonyl (C=O) groups is 4. The second-order valence-corrected chi connectivity index (χ2v) is 14.1. The number of hydrogen-bond donors (Lipinski definition) is 1. The van der Waals surface area contributed by atoms with E-state index in [1.807, 2.05) is 78.9 Å². The van der Waals surface area contributed by atoms with Gasteiger partial charge < -0.3 is 5.11 Å². The van der Waals surface area contributed by atoms with Gasteiger partial charge in [0.25, 0.3) is 0 Å². The lowest BCUT2D eigenvalue weighted by Gasteiger charge is -2.50. The summed E-state index contributed by atoms with van der Waals surface area (Å²) in [7, 11) is 0. The van der Waals surface area contributed by atoms with E-state index in [0.717, 1.165) is 11.0 Å². The highest BCUT2D eigenvalue weighted by atomic mass is 35.5. The Hall–Kier alpha value is -5.53. The lowest BCUT2D eigenvalue weighted by molar-refractivity contribution is -0.127. The molecule has 50 heavy (non-hydrogen) atoms. The van der Waals surface area contributed by atoms with Crippen LogP contribution in [0.2, 0.25) is 5.02 Å². The average Bonchev–Trinajstić information content (AvgIpc) is 3.53. The number of halogens is 1. The molecule has 2 saturated heterocycles. The van der Waals surface area contributed by atoms with E-state index in [4.69, 9.17) is 11.6 Å². The van der Waals surface area contributed by atoms with Gasteiger partial charge in [0.05, 0.1) is 34.5 Å². The molecular formula is C42H31ClN2O5. The number of hydrogen-bond acceptors (Lipinski definition) is 5. The van der Waals surface area contributed by atoms with Crippen LogP contribution in [-0.4, -0.2) is 28.7 Å². The number of anilines is 2. The van der Waals surface area contributed by atoms with Crippen molar-refractivity contribution in [1.82, 2.24) is 0 Å². The van der Waals surface area contributed by atoms with Crippen LogP contribution in [-0.2, 0) is 24.6 Å². The molecule has 1 N–H and O–H groups in total. The number of benzene rings is 5. The first-order valence-electron chi connectivity index (χ1n) is 16.8. The number of aromatic hydroxyl groups is 1. The summed E-state index contributed by atoms with van der Waals surface area (Å²) in [5.74, 6) is -4.98. The average molecular weight is 679 g/mol. The Morgan fingerprint density at radius 1 is 0.680 bits per heavy atom. The van der Waals surface area contributed by atoms with Gasteiger partial charge in [-0.15, -0.1) is 0 Å². The van der Waals surface area contributed by atoms with Gasteiger partial charge in [0.15, 0.2) is 0 Å². The molecule has 2 aliphatic carbocycles. The Labute approximate surface area is 293 Å². The molecule has 6 atom stereocenters. The van der Waals surface area contributed by atoms with Crippen molar-refractivity contribution in [2.75, 3.05) is 9.80 Å². The summed E-state index contributed by atoms with van der Waals surface area (Å²) >= 11 is 6.41. The molecule has 2 heterocycles. The van der Waals surface area contributed by atoms with Gasteiger partial charge in [-0.2, -0.15) is 0 Å². The fraction of sp³-hybridized carbons (Fsp3) is 0.190. The van der Waals surface area contributed by atoms with Gasteiger partial charge in [-0.05, 0) is 60.0 Å². The van der Waals surface area contributed by atoms with E-state index in [1.165, 1.54) is 9.80 Å². The van der Waals surface area contributed by atoms with Crippen molar-refractivity contribution >= 4 is 57.4 Å². The maximum atomic E-state index is 15.4. The first kappa shape index (κ1) is 30.5. The van der Waals surface area contributed by atoms with E-state index < -0.39 is 46.8 Å². The number of allylic oxidation sites excluding steroid dienone is 2. The maximum absolute atomic E-state index is 15.4. The SMILES string of the molecule is O=C1[C@H]2[C@H](CC=C3[C@H]2C[C@H]2C(=O)N(c4cccc(Cl)c4)C(=O)[C@@]2(c2ccccc2)[C@H]3c2ccc3ccccc3c2O)C(=O)N1c1ccccc1. The summed E-state index contributed by atoms with van der Waals surface area (Å²) in [6.45, 7) is 0. The van der Waals surface area contributed by atoms with E-state index in [9.17, 15) is 19.5 Å². The lowest BCUT2D eigenvalue weighted by Crippen LogP contribution is -2.53. The number of para-hydroxylation sites is 1. The molecule has 5 aromatic carbocycles. The Bertz CT molecular complexity index is 2290. The monoisotopic (exact) mass is 678 g/mol. The van der Waals surface area contributed by atoms with Crippen molar-refractivity contribution in [3.63, 3.8) is 0 Å². The molecule has 4 aliphatic rings. The molecule has 0 spiro atoms. The number of amides is 4. The molecule has 246 valence electrons. The molecule has 0 bridgehead atoms. The number of rotatable bonds is 4. The molecular weight excluding hydrogens is 648 g/mol. The van der Waals surface area contributed by atoms with Crippen molar-refractivity contribution in [2.24, 2.45) is 23.7 Å². The van der Waals surface area contributed by atoms with Gasteiger partial charge in [0.1, 0.15) is 5.75 Å². The van der Waals surface area contributed by atoms with E-state index in [-0.39, 0.29) is 24.0 Å². The fourth-order valence-corrected chi connectivity index (χ4v) is 9.61. The highest BCUT2D eigenvalue weighted by molar-refractivity contribution is 6.32. The van der Waals surface area contributed by atoms with Gasteiger partial charge in [0, 0.05) is 21.9 Å². The smallest absolute Gasteiger partial charge is 0.246 e. The molecule has 1 saturated carbocycles. The second-order valence-electron chi connectivity index (χ2n) is 13.7. The Morgan fingerprint density at radius 2 is 1.38 bits per heavy atom. The summed E-state index contributed by atoms with van der Waals surface area (Å²) in [5, 5.41) is 14.0. The van der Waals surface area contributed by atoms with E-state index in [2.05, 4.69) is 0 Å². The van der Waals surface area contributed by atoms with Crippen LogP contribution in [0, 0.1) is 23.7 Å². The van der Waals surface area contributed by atoms with E-state index >= 15 is 4.79 Å². The molecule has 2 aliphatic heterocycles. The molecule has 5 aromatic rings. The highest BCUT2D eigenvalue weighted by Crippen LogP contribution is 2.65. The summed E-state index contributed by atoms with van der Waals surface area (Å²) in [6.07, 6.45) is 2.48. The zero-order chi connectivity index (χ0) is 34.3. The summed E-state index contributed by atoms with van der Waals surface area (Å²) in [6, 6.07) is 36.2. The molecule has 0 aromatic heterocycles. The predicted octanol–water partition coefficient (Wildman–Crippen LogP) is 7.57. The third kappa shape index (κ3) is 4.10. The van der Waals surface area contributed by atoms with Crippen molar-refractivity contribution < 1.29 is 24.3 Å². The van der Waals surface area contributed by atoms with Crippen LogP contribution in [0.1, 0.15) is 29.9 Å². The van der Waals surface area contributed by atoms with Crippen molar-refractivity contribution in [1.29, 1.82) is 0 Å². The first-order chi connectivity index (χ1) is 24.3. The Balaban J connectivity index is 1.31. The summed E-state index contributed by atoms with van der Waals surface area (Å²) in [4.78, 5) is 61.3. The normalized spacial score (nSPS) is 27.3. The Kier molecular flexibility index (Phi) is 6.87. The quantitative estimate of drug-likeness (QED) is 0.156. The molecule has 3 fully saturated rings. The number of carbonyl (C=O) groups excluding carboxylic acids is 4. The number of nitrogens with zero attached hydrogens (tertiary/aromatic N) is 2. The van der Waals surface area contributed by atoms with Crippen molar-refractivity contribution in [3.8, 4) is 5.75 Å². The minimum absolute atomic E-state index is 0.0204. The topological polar surface area (TPSA) is 95.0 Å². The van der Waals surface area contributed by atoms with E-state index in [1.54, 1.807) is 48.5 Å². The molecule has 8 heteroatoms. The number of phenols is 1. The number of phenolic OH excluding ortho intramolecular Hbond substituents is 1. The van der Waals surface area contributed by atoms with Gasteiger partial charge in [0.2, 0.25) is 23.6 Å². The zero-order valence-corrected chi connectivity index (χ0v) is 27.5. The van der Waals surface area contributed by atoms with Crippen LogP contribution in [0.5, 0.6) is 5.75 Å². The zero-order valence-electron chi connectivity index (χ0n) is 26.8. The van der Waals surface area contributed by atoms with Crippen LogP contribution in [0.4, 0.5) is 11.4 Å². The minimum atomic E-state index is -1.47. The minimum Gasteiger partial charge on any atom is -0.507 e. The summed E-state index contributed by atoms with van der Waals surface area (Å²) in [5.41, 5.74) is 1.33. The van der Waals surface area contributed by atoms with Crippen LogP contribution in [0.3, 0.4) is 0 Å². The highest BCUT2D eigenvalue weighted by Gasteiger charge is 2.70. The number of fused-ring (bicyclic) bond motifs is 5. The number of imide groups is 2. The van der Waals surface area contributed by atoms with Gasteiger partial charge in [-0.3, -0.25) is 24.1 Å². The Morgan fingerprint density at radius 3 is 2.14 bits per heavy atom. The van der Waals surface area contributed by atoms with Crippen molar-refractivity contribution in [3.05, 3.63) is 149 Å². The maximum Gasteiger partial charge on any atom is 0.246 e. The van der Waals surface area contributed by atoms with Crippen molar-refractivity contribution in [2.45, 2.75) is 24.2 Å². The molecule has 0 unspecified atom stereocenters. The molecule has 7 nitrogen and oxygen atoms in total. The van der Waals surface area contributed by atoms with E-state index in [0.29, 0.717) is 39.3 Å². The van der Waals surface area contributed by atoms with Crippen LogP contribution in [0.25, 0.3) is 10.8 Å². The summed E-state index contributed by atoms with van der Waals surface area (Å²) < 4.78 is 0. The predicted molar refractivity (Wildman–Crippen MR) is 191 cm³/mol. The third-order valence-electron chi connectivity index (χ3n) is 11.4. The van der Waals surface area contributed by atoms with Gasteiger partial charge in [-0.25, -0.2) is 4.90 Å². The van der Waals surface area contributed by atoms with Gasteiger partial charge in [-0.1, -0.05) is 114 Å². The fourth-order valence-electron chi connectivity index (χ4n) is 9.42. The van der Waals surface area contributed by atoms with Crippen LogP contribution < -0.4 is 9.80 Å². The molecule has 0 radical (unpaired) electrons. The molecule has 9 rings (SSSR count). The lowest BCUT2D eigenvalue weighted by atomic mass is 9.49. The van der Waals surface area contributed by atoms with Gasteiger partial charge >= 0.3 is 0 Å².